The van der Waals surface area contributed by atoms with Gasteiger partial charge in [0.15, 0.2) is 0 Å². The van der Waals surface area contributed by atoms with Gasteiger partial charge >= 0.3 is 0 Å². The van der Waals surface area contributed by atoms with Crippen molar-refractivity contribution in [2.45, 2.75) is 57.8 Å². The molecule has 0 spiro atoms. The Morgan fingerprint density at radius 3 is 1.94 bits per heavy atom. The third-order valence-corrected chi connectivity index (χ3v) is 2.58. The molecule has 0 saturated carbocycles. The summed E-state index contributed by atoms with van der Waals surface area (Å²) in [6.07, 6.45) is 13.6. The molecule has 0 radical (unpaired) electrons. The van der Waals surface area contributed by atoms with Gasteiger partial charge in [0.2, 0.25) is 5.91 Å². The molecule has 3 heteroatoms. The van der Waals surface area contributed by atoms with Crippen molar-refractivity contribution in [3.05, 3.63) is 24.4 Å². The van der Waals surface area contributed by atoms with Gasteiger partial charge in [-0.2, -0.15) is 0 Å². The van der Waals surface area contributed by atoms with Crippen molar-refractivity contribution in [2.75, 3.05) is 0 Å². The molecule has 1 amide bonds. The third kappa shape index (κ3) is 14.8. The second-order valence-corrected chi connectivity index (χ2v) is 4.44. The first-order chi connectivity index (χ1) is 8.13. The van der Waals surface area contributed by atoms with Gasteiger partial charge in [0.05, 0.1) is 0 Å². The predicted octanol–water partition coefficient (Wildman–Crippen LogP) is 3.01. The van der Waals surface area contributed by atoms with Gasteiger partial charge in [0.1, 0.15) is 0 Å². The predicted molar refractivity (Wildman–Crippen MR) is 73.2 cm³/mol. The molecule has 4 N–H and O–H groups in total. The summed E-state index contributed by atoms with van der Waals surface area (Å²) in [6.45, 7) is 3.67. The van der Waals surface area contributed by atoms with Gasteiger partial charge in [-0.3, -0.25) is 4.79 Å². The van der Waals surface area contributed by atoms with Crippen LogP contribution in [0.2, 0.25) is 0 Å². The lowest BCUT2D eigenvalue weighted by molar-refractivity contribution is -0.118. The Bertz CT molecular complexity index is 247. The fourth-order valence-electron chi connectivity index (χ4n) is 1.59. The zero-order chi connectivity index (χ0) is 12.9. The van der Waals surface area contributed by atoms with Gasteiger partial charge < -0.3 is 11.5 Å². The molecular weight excluding hydrogens is 212 g/mol. The normalized spacial score (nSPS) is 10.8. The fourth-order valence-corrected chi connectivity index (χ4v) is 1.59. The van der Waals surface area contributed by atoms with E-state index in [0.29, 0.717) is 6.42 Å². The van der Waals surface area contributed by atoms with Crippen LogP contribution < -0.4 is 11.5 Å². The van der Waals surface area contributed by atoms with Crippen molar-refractivity contribution in [3.8, 4) is 0 Å². The van der Waals surface area contributed by atoms with E-state index in [9.17, 15) is 4.79 Å². The summed E-state index contributed by atoms with van der Waals surface area (Å²) in [5.74, 6) is -0.193. The number of amides is 1. The quantitative estimate of drug-likeness (QED) is 0.429. The summed E-state index contributed by atoms with van der Waals surface area (Å²) < 4.78 is 0. The van der Waals surface area contributed by atoms with Crippen molar-refractivity contribution in [3.63, 3.8) is 0 Å². The average Bonchev–Trinajstić information content (AvgIpc) is 2.25. The number of rotatable bonds is 11. The minimum atomic E-state index is -0.193. The lowest BCUT2D eigenvalue weighted by Crippen LogP contribution is -2.09. The van der Waals surface area contributed by atoms with Crippen LogP contribution in [0.1, 0.15) is 57.8 Å². The summed E-state index contributed by atoms with van der Waals surface area (Å²) in [5, 5.41) is 0. The molecule has 0 aliphatic carbocycles. The Labute approximate surface area is 105 Å². The summed E-state index contributed by atoms with van der Waals surface area (Å²) in [4.78, 5) is 10.5. The summed E-state index contributed by atoms with van der Waals surface area (Å²) in [7, 11) is 0. The number of hydrogen-bond acceptors (Lipinski definition) is 2. The van der Waals surface area contributed by atoms with Crippen LogP contribution >= 0.6 is 0 Å². The number of unbranched alkanes of at least 4 members (excludes halogenated alkanes) is 5. The van der Waals surface area contributed by atoms with Crippen LogP contribution in [0.4, 0.5) is 0 Å². The lowest BCUT2D eigenvalue weighted by atomic mass is 10.1. The lowest BCUT2D eigenvalue weighted by Gasteiger charge is -1.97. The Balaban J connectivity index is 3.14. The molecule has 17 heavy (non-hydrogen) atoms. The molecule has 0 aromatic rings. The summed E-state index contributed by atoms with van der Waals surface area (Å²) in [6, 6.07) is 0. The summed E-state index contributed by atoms with van der Waals surface area (Å²) in [5.41, 5.74) is 11.3. The van der Waals surface area contributed by atoms with E-state index in [0.717, 1.165) is 50.6 Å². The zero-order valence-corrected chi connectivity index (χ0v) is 10.8. The third-order valence-electron chi connectivity index (χ3n) is 2.58. The van der Waals surface area contributed by atoms with Crippen LogP contribution in [0.25, 0.3) is 0 Å². The first kappa shape index (κ1) is 15.8. The second kappa shape index (κ2) is 11.2. The highest BCUT2D eigenvalue weighted by molar-refractivity contribution is 5.73. The van der Waals surface area contributed by atoms with E-state index < -0.39 is 0 Å². The highest BCUT2D eigenvalue weighted by Crippen LogP contribution is 2.06. The highest BCUT2D eigenvalue weighted by atomic mass is 16.1. The van der Waals surface area contributed by atoms with Crippen LogP contribution in [-0.2, 0) is 4.79 Å². The van der Waals surface area contributed by atoms with Crippen molar-refractivity contribution >= 4 is 5.91 Å². The van der Waals surface area contributed by atoms with Gasteiger partial charge in [-0.25, -0.2) is 0 Å². The maximum atomic E-state index is 10.5. The number of hydrogen-bond donors (Lipinski definition) is 2. The van der Waals surface area contributed by atoms with E-state index in [1.165, 1.54) is 6.42 Å². The first-order valence-electron chi connectivity index (χ1n) is 6.49. The molecule has 0 unspecified atom stereocenters. The van der Waals surface area contributed by atoms with Gasteiger partial charge in [0, 0.05) is 12.1 Å². The maximum Gasteiger partial charge on any atom is 0.217 e. The molecule has 0 bridgehead atoms. The molecule has 98 valence electrons. The standard InChI is InChI=1S/C14H26N2O/c1-13(15)11-9-7-5-3-2-4-6-8-10-12-14(16)17/h2-3H,1,4-12,15H2,(H2,16,17)/b3-2+. The number of carbonyl (C=O) groups excluding carboxylic acids is 1. The van der Waals surface area contributed by atoms with E-state index in [1.54, 1.807) is 0 Å². The van der Waals surface area contributed by atoms with E-state index >= 15 is 0 Å². The van der Waals surface area contributed by atoms with Gasteiger partial charge in [0.25, 0.3) is 0 Å². The molecule has 0 heterocycles. The maximum absolute atomic E-state index is 10.5. The van der Waals surface area contributed by atoms with Crippen molar-refractivity contribution in [1.29, 1.82) is 0 Å². The Morgan fingerprint density at radius 2 is 1.41 bits per heavy atom. The molecule has 0 rings (SSSR count). The number of allylic oxidation sites excluding steroid dienone is 3. The molecule has 3 nitrogen and oxygen atoms in total. The average molecular weight is 238 g/mol. The van der Waals surface area contributed by atoms with Gasteiger partial charge in [-0.05, 0) is 44.9 Å². The van der Waals surface area contributed by atoms with Crippen LogP contribution in [-0.4, -0.2) is 5.91 Å². The number of primary amides is 1. The van der Waals surface area contributed by atoms with Gasteiger partial charge in [-0.1, -0.05) is 25.2 Å². The van der Waals surface area contributed by atoms with Crippen molar-refractivity contribution in [2.24, 2.45) is 11.5 Å². The Morgan fingerprint density at radius 1 is 0.882 bits per heavy atom. The number of nitrogens with two attached hydrogens (primary N) is 2. The van der Waals surface area contributed by atoms with E-state index in [-0.39, 0.29) is 5.91 Å². The molecular formula is C14H26N2O. The highest BCUT2D eigenvalue weighted by Gasteiger charge is 1.93. The first-order valence-corrected chi connectivity index (χ1v) is 6.49. The van der Waals surface area contributed by atoms with E-state index in [1.807, 2.05) is 0 Å². The van der Waals surface area contributed by atoms with Crippen LogP contribution in [0.3, 0.4) is 0 Å². The van der Waals surface area contributed by atoms with Crippen molar-refractivity contribution in [1.82, 2.24) is 0 Å². The van der Waals surface area contributed by atoms with Crippen molar-refractivity contribution < 1.29 is 4.79 Å². The molecule has 0 saturated heterocycles. The molecule has 0 aromatic carbocycles. The molecule has 0 fully saturated rings. The van der Waals surface area contributed by atoms with Crippen LogP contribution in [0.15, 0.2) is 24.4 Å². The van der Waals surface area contributed by atoms with Gasteiger partial charge in [-0.15, -0.1) is 0 Å². The van der Waals surface area contributed by atoms with E-state index in [4.69, 9.17) is 11.5 Å². The van der Waals surface area contributed by atoms with Crippen LogP contribution in [0.5, 0.6) is 0 Å². The Kier molecular flexibility index (Phi) is 10.4. The number of carbonyl (C=O) groups is 1. The largest absolute Gasteiger partial charge is 0.403 e. The molecule has 0 atom stereocenters. The SMILES string of the molecule is C=C(N)CCCC/C=C/CCCCCC(N)=O. The topological polar surface area (TPSA) is 69.1 Å². The van der Waals surface area contributed by atoms with Crippen LogP contribution in [0, 0.1) is 0 Å². The van der Waals surface area contributed by atoms with E-state index in [2.05, 4.69) is 18.7 Å². The molecule has 0 aliphatic rings. The summed E-state index contributed by atoms with van der Waals surface area (Å²) >= 11 is 0. The Hall–Kier alpha value is -1.25. The fraction of sp³-hybridized carbons (Fsp3) is 0.643. The second-order valence-electron chi connectivity index (χ2n) is 4.44. The minimum Gasteiger partial charge on any atom is -0.403 e. The monoisotopic (exact) mass is 238 g/mol. The smallest absolute Gasteiger partial charge is 0.217 e. The zero-order valence-electron chi connectivity index (χ0n) is 10.8. The minimum absolute atomic E-state index is 0.193. The molecule has 0 aliphatic heterocycles. The molecule has 0 aromatic heterocycles.